The van der Waals surface area contributed by atoms with Gasteiger partial charge in [0.2, 0.25) is 0 Å². The van der Waals surface area contributed by atoms with Gasteiger partial charge in [-0.25, -0.2) is 0 Å². The second-order valence-corrected chi connectivity index (χ2v) is 7.18. The zero-order valence-corrected chi connectivity index (χ0v) is 16.7. The molecule has 1 aromatic heterocycles. The Balaban J connectivity index is 1.50. The van der Waals surface area contributed by atoms with E-state index < -0.39 is 0 Å². The van der Waals surface area contributed by atoms with Gasteiger partial charge >= 0.3 is 0 Å². The van der Waals surface area contributed by atoms with Gasteiger partial charge < -0.3 is 19.4 Å². The second-order valence-electron chi connectivity index (χ2n) is 7.18. The van der Waals surface area contributed by atoms with Gasteiger partial charge in [-0.3, -0.25) is 9.59 Å². The molecule has 6 heteroatoms. The molecule has 2 aromatic carbocycles. The summed E-state index contributed by atoms with van der Waals surface area (Å²) in [6.07, 6.45) is 2.12. The molecule has 150 valence electrons. The molecule has 3 aromatic rings. The summed E-state index contributed by atoms with van der Waals surface area (Å²) in [4.78, 5) is 27.0. The fraction of sp³-hybridized carbons (Fsp3) is 0.304. The van der Waals surface area contributed by atoms with Gasteiger partial charge in [-0.2, -0.15) is 0 Å². The van der Waals surface area contributed by atoms with Crippen LogP contribution in [0.5, 0.6) is 5.75 Å². The maximum absolute atomic E-state index is 12.7. The SMILES string of the molecule is CCOc1ccc2oc(C(=O)Nc3ccc(C(=O)N4CCCC4)cc3)c(C)c2c1. The first-order valence-corrected chi connectivity index (χ1v) is 9.93. The van der Waals surface area contributed by atoms with Crippen molar-refractivity contribution in [2.75, 3.05) is 25.0 Å². The van der Waals surface area contributed by atoms with Crippen LogP contribution in [0.4, 0.5) is 5.69 Å². The molecule has 0 saturated carbocycles. The van der Waals surface area contributed by atoms with Gasteiger partial charge in [0.25, 0.3) is 11.8 Å². The number of furan rings is 1. The van der Waals surface area contributed by atoms with E-state index in [0.29, 0.717) is 23.4 Å². The summed E-state index contributed by atoms with van der Waals surface area (Å²) in [6, 6.07) is 12.5. The largest absolute Gasteiger partial charge is 0.494 e. The summed E-state index contributed by atoms with van der Waals surface area (Å²) in [5.41, 5.74) is 2.65. The van der Waals surface area contributed by atoms with Crippen molar-refractivity contribution in [2.24, 2.45) is 0 Å². The number of aryl methyl sites for hydroxylation is 1. The average molecular weight is 392 g/mol. The number of amides is 2. The summed E-state index contributed by atoms with van der Waals surface area (Å²) in [5, 5.41) is 3.70. The number of nitrogens with one attached hydrogen (secondary N) is 1. The number of carbonyl (C=O) groups is 2. The first-order valence-electron chi connectivity index (χ1n) is 9.93. The zero-order chi connectivity index (χ0) is 20.4. The molecule has 2 heterocycles. The Morgan fingerprint density at radius 1 is 1.10 bits per heavy atom. The van der Waals surface area contributed by atoms with Crippen molar-refractivity contribution in [3.05, 3.63) is 59.4 Å². The third-order valence-corrected chi connectivity index (χ3v) is 5.21. The number of fused-ring (bicyclic) bond motifs is 1. The molecule has 29 heavy (non-hydrogen) atoms. The minimum absolute atomic E-state index is 0.0404. The van der Waals surface area contributed by atoms with Crippen LogP contribution in [0.1, 0.15) is 46.2 Å². The first kappa shape index (κ1) is 19.1. The van der Waals surface area contributed by atoms with Crippen LogP contribution in [-0.4, -0.2) is 36.4 Å². The predicted molar refractivity (Wildman–Crippen MR) is 112 cm³/mol. The van der Waals surface area contributed by atoms with E-state index in [2.05, 4.69) is 5.32 Å². The van der Waals surface area contributed by atoms with E-state index in [4.69, 9.17) is 9.15 Å². The minimum Gasteiger partial charge on any atom is -0.494 e. The normalized spacial score (nSPS) is 13.7. The molecule has 6 nitrogen and oxygen atoms in total. The molecule has 1 saturated heterocycles. The molecule has 0 atom stereocenters. The van der Waals surface area contributed by atoms with Crippen molar-refractivity contribution in [3.63, 3.8) is 0 Å². The Hall–Kier alpha value is -3.28. The molecule has 0 spiro atoms. The van der Waals surface area contributed by atoms with E-state index >= 15 is 0 Å². The van der Waals surface area contributed by atoms with Crippen molar-refractivity contribution < 1.29 is 18.7 Å². The van der Waals surface area contributed by atoms with Crippen molar-refractivity contribution in [2.45, 2.75) is 26.7 Å². The third kappa shape index (κ3) is 3.83. The lowest BCUT2D eigenvalue weighted by molar-refractivity contribution is 0.0792. The van der Waals surface area contributed by atoms with Crippen molar-refractivity contribution in [1.82, 2.24) is 4.90 Å². The van der Waals surface area contributed by atoms with Gasteiger partial charge in [0.15, 0.2) is 5.76 Å². The second kappa shape index (κ2) is 7.99. The number of hydrogen-bond acceptors (Lipinski definition) is 4. The van der Waals surface area contributed by atoms with E-state index in [-0.39, 0.29) is 17.6 Å². The van der Waals surface area contributed by atoms with E-state index in [9.17, 15) is 9.59 Å². The Labute approximate surface area is 169 Å². The number of benzene rings is 2. The number of nitrogens with zero attached hydrogens (tertiary/aromatic N) is 1. The fourth-order valence-corrected chi connectivity index (χ4v) is 3.66. The van der Waals surface area contributed by atoms with Crippen LogP contribution in [0.3, 0.4) is 0 Å². The molecule has 0 bridgehead atoms. The van der Waals surface area contributed by atoms with Crippen LogP contribution >= 0.6 is 0 Å². The van der Waals surface area contributed by atoms with Crippen LogP contribution in [0, 0.1) is 6.92 Å². The highest BCUT2D eigenvalue weighted by Crippen LogP contribution is 2.29. The van der Waals surface area contributed by atoms with Gasteiger partial charge in [-0.1, -0.05) is 0 Å². The predicted octanol–water partition coefficient (Wildman–Crippen LogP) is 4.63. The van der Waals surface area contributed by atoms with Crippen molar-refractivity contribution in [1.29, 1.82) is 0 Å². The Kier molecular flexibility index (Phi) is 5.25. The smallest absolute Gasteiger partial charge is 0.291 e. The molecule has 0 radical (unpaired) electrons. The van der Waals surface area contributed by atoms with Crippen LogP contribution in [-0.2, 0) is 0 Å². The molecule has 1 aliphatic rings. The molecule has 1 aliphatic heterocycles. The number of likely N-dealkylation sites (tertiary alicyclic amines) is 1. The van der Waals surface area contributed by atoms with Crippen molar-refractivity contribution >= 4 is 28.5 Å². The van der Waals surface area contributed by atoms with Gasteiger partial charge in [0.05, 0.1) is 6.61 Å². The standard InChI is InChI=1S/C23H24N2O4/c1-3-28-18-10-11-20-19(14-18)15(2)21(29-20)22(26)24-17-8-6-16(7-9-17)23(27)25-12-4-5-13-25/h6-11,14H,3-5,12-13H2,1-2H3,(H,24,26). The first-order chi connectivity index (χ1) is 14.1. The summed E-state index contributed by atoms with van der Waals surface area (Å²) < 4.78 is 11.3. The quantitative estimate of drug-likeness (QED) is 0.687. The van der Waals surface area contributed by atoms with Gasteiger partial charge in [-0.05, 0) is 69.2 Å². The highest BCUT2D eigenvalue weighted by atomic mass is 16.5. The number of anilines is 1. The Morgan fingerprint density at radius 3 is 2.52 bits per heavy atom. The van der Waals surface area contributed by atoms with E-state index in [1.807, 2.05) is 36.9 Å². The van der Waals surface area contributed by atoms with Gasteiger partial charge in [-0.15, -0.1) is 0 Å². The maximum Gasteiger partial charge on any atom is 0.291 e. The summed E-state index contributed by atoms with van der Waals surface area (Å²) in [7, 11) is 0. The molecular formula is C23H24N2O4. The maximum atomic E-state index is 12.7. The zero-order valence-electron chi connectivity index (χ0n) is 16.7. The molecule has 4 rings (SSSR count). The Bertz CT molecular complexity index is 1050. The van der Waals surface area contributed by atoms with Crippen LogP contribution < -0.4 is 10.1 Å². The molecule has 1 N–H and O–H groups in total. The van der Waals surface area contributed by atoms with Crippen molar-refractivity contribution in [3.8, 4) is 5.75 Å². The minimum atomic E-state index is -0.324. The fourth-order valence-electron chi connectivity index (χ4n) is 3.66. The molecule has 2 amide bonds. The van der Waals surface area contributed by atoms with Crippen LogP contribution in [0.2, 0.25) is 0 Å². The number of carbonyl (C=O) groups excluding carboxylic acids is 2. The van der Waals surface area contributed by atoms with E-state index in [1.54, 1.807) is 24.3 Å². The number of rotatable bonds is 5. The molecular weight excluding hydrogens is 368 g/mol. The topological polar surface area (TPSA) is 71.8 Å². The number of ether oxygens (including phenoxy) is 1. The highest BCUT2D eigenvalue weighted by Gasteiger charge is 2.20. The molecule has 1 fully saturated rings. The molecule has 0 unspecified atom stereocenters. The lowest BCUT2D eigenvalue weighted by atomic mass is 10.1. The van der Waals surface area contributed by atoms with E-state index in [1.165, 1.54) is 0 Å². The molecule has 0 aliphatic carbocycles. The average Bonchev–Trinajstić information content (AvgIpc) is 3.37. The summed E-state index contributed by atoms with van der Waals surface area (Å²) >= 11 is 0. The van der Waals surface area contributed by atoms with Crippen LogP contribution in [0.15, 0.2) is 46.9 Å². The summed E-state index contributed by atoms with van der Waals surface area (Å²) in [6.45, 7) is 5.98. The van der Waals surface area contributed by atoms with Gasteiger partial charge in [0, 0.05) is 35.3 Å². The van der Waals surface area contributed by atoms with Crippen LogP contribution in [0.25, 0.3) is 11.0 Å². The Morgan fingerprint density at radius 2 is 1.83 bits per heavy atom. The third-order valence-electron chi connectivity index (χ3n) is 5.21. The monoisotopic (exact) mass is 392 g/mol. The van der Waals surface area contributed by atoms with Gasteiger partial charge in [0.1, 0.15) is 11.3 Å². The number of hydrogen-bond donors (Lipinski definition) is 1. The summed E-state index contributed by atoms with van der Waals surface area (Å²) in [5.74, 6) is 0.730. The lowest BCUT2D eigenvalue weighted by Crippen LogP contribution is -2.27. The van der Waals surface area contributed by atoms with E-state index in [0.717, 1.165) is 42.6 Å². The highest BCUT2D eigenvalue weighted by molar-refractivity contribution is 6.06. The lowest BCUT2D eigenvalue weighted by Gasteiger charge is -2.15.